The highest BCUT2D eigenvalue weighted by atomic mass is 16.3. The molecule has 0 saturated carbocycles. The van der Waals surface area contributed by atoms with E-state index in [1.807, 2.05) is 36.4 Å². The normalized spacial score (nSPS) is 11.4. The maximum absolute atomic E-state index is 12.2. The monoisotopic (exact) mass is 330 g/mol. The van der Waals surface area contributed by atoms with Crippen LogP contribution in [0.3, 0.4) is 0 Å². The van der Waals surface area contributed by atoms with Crippen molar-refractivity contribution in [1.29, 1.82) is 0 Å². The maximum atomic E-state index is 12.2. The molecule has 0 bridgehead atoms. The van der Waals surface area contributed by atoms with Crippen molar-refractivity contribution in [1.82, 2.24) is 5.43 Å². The van der Waals surface area contributed by atoms with Crippen LogP contribution in [0, 0.1) is 0 Å². The molecule has 0 atom stereocenters. The first-order valence-electron chi connectivity index (χ1n) is 7.75. The molecule has 0 unspecified atom stereocenters. The van der Waals surface area contributed by atoms with Gasteiger partial charge in [-0.3, -0.25) is 4.79 Å². The van der Waals surface area contributed by atoms with Crippen LogP contribution >= 0.6 is 0 Å². The zero-order valence-electron chi connectivity index (χ0n) is 13.1. The lowest BCUT2D eigenvalue weighted by molar-refractivity contribution is 0.0929. The van der Waals surface area contributed by atoms with Gasteiger partial charge in [-0.2, -0.15) is 5.10 Å². The molecular formula is C20H14N2O3. The van der Waals surface area contributed by atoms with Crippen LogP contribution in [0.4, 0.5) is 0 Å². The van der Waals surface area contributed by atoms with Crippen molar-refractivity contribution in [2.24, 2.45) is 5.10 Å². The first-order valence-corrected chi connectivity index (χ1v) is 7.75. The van der Waals surface area contributed by atoms with Crippen LogP contribution in [-0.2, 0) is 0 Å². The van der Waals surface area contributed by atoms with Crippen LogP contribution in [-0.4, -0.2) is 17.2 Å². The number of nitrogens with zero attached hydrogens (tertiary/aromatic N) is 1. The second-order valence-corrected chi connectivity index (χ2v) is 5.57. The van der Waals surface area contributed by atoms with Crippen molar-refractivity contribution in [2.45, 2.75) is 0 Å². The summed E-state index contributed by atoms with van der Waals surface area (Å²) in [5, 5.41) is 16.5. The van der Waals surface area contributed by atoms with Gasteiger partial charge in [-0.15, -0.1) is 0 Å². The number of aromatic hydroxyl groups is 1. The molecule has 1 aromatic heterocycles. The van der Waals surface area contributed by atoms with E-state index < -0.39 is 5.91 Å². The van der Waals surface area contributed by atoms with Gasteiger partial charge in [-0.05, 0) is 35.0 Å². The number of rotatable bonds is 3. The van der Waals surface area contributed by atoms with Crippen molar-refractivity contribution < 1.29 is 14.3 Å². The van der Waals surface area contributed by atoms with Crippen molar-refractivity contribution >= 4 is 33.9 Å². The van der Waals surface area contributed by atoms with E-state index in [2.05, 4.69) is 10.5 Å². The molecule has 0 saturated heterocycles. The molecule has 5 nitrogen and oxygen atoms in total. The van der Waals surface area contributed by atoms with E-state index in [1.165, 1.54) is 6.21 Å². The summed E-state index contributed by atoms with van der Waals surface area (Å²) in [7, 11) is 0. The minimum Gasteiger partial charge on any atom is -0.507 e. The molecule has 3 aromatic carbocycles. The number of carbonyl (C=O) groups excluding carboxylic acids is 1. The highest BCUT2D eigenvalue weighted by Crippen LogP contribution is 2.28. The largest absolute Gasteiger partial charge is 0.507 e. The molecule has 2 N–H and O–H groups in total. The third kappa shape index (κ3) is 2.83. The van der Waals surface area contributed by atoms with Gasteiger partial charge < -0.3 is 9.52 Å². The molecule has 0 spiro atoms. The number of amides is 1. The van der Waals surface area contributed by atoms with Gasteiger partial charge in [0.1, 0.15) is 11.3 Å². The molecule has 1 amide bonds. The second-order valence-electron chi connectivity index (χ2n) is 5.57. The molecule has 0 aliphatic heterocycles. The van der Waals surface area contributed by atoms with Crippen LogP contribution in [0.1, 0.15) is 16.1 Å². The topological polar surface area (TPSA) is 74.8 Å². The number of phenolic OH excluding ortho intramolecular Hbond substituents is 1. The summed E-state index contributed by atoms with van der Waals surface area (Å²) in [6, 6.07) is 20.2. The highest BCUT2D eigenvalue weighted by molar-refractivity contribution is 6.08. The molecule has 25 heavy (non-hydrogen) atoms. The Morgan fingerprint density at radius 3 is 2.68 bits per heavy atom. The first kappa shape index (κ1) is 15.0. The molecule has 0 radical (unpaired) electrons. The Kier molecular flexibility index (Phi) is 3.67. The number of fused-ring (bicyclic) bond motifs is 3. The molecule has 0 fully saturated rings. The van der Waals surface area contributed by atoms with Crippen LogP contribution in [0.5, 0.6) is 5.75 Å². The minimum atomic E-state index is -0.452. The summed E-state index contributed by atoms with van der Waals surface area (Å²) in [6.45, 7) is 0. The summed E-state index contributed by atoms with van der Waals surface area (Å²) in [5.74, 6) is -0.177. The third-order valence-electron chi connectivity index (χ3n) is 3.96. The van der Waals surface area contributed by atoms with Gasteiger partial charge in [0.15, 0.2) is 5.76 Å². The fraction of sp³-hybridized carbons (Fsp3) is 0. The number of nitrogens with one attached hydrogen (secondary N) is 1. The zero-order chi connectivity index (χ0) is 17.2. The molecule has 4 rings (SSSR count). The Bertz CT molecular complexity index is 1110. The molecule has 5 heteroatoms. The number of para-hydroxylation sites is 1. The smallest absolute Gasteiger partial charge is 0.307 e. The minimum absolute atomic E-state index is 0.0932. The van der Waals surface area contributed by atoms with Crippen molar-refractivity contribution in [3.8, 4) is 5.75 Å². The Labute approximate surface area is 143 Å². The van der Waals surface area contributed by atoms with E-state index in [-0.39, 0.29) is 11.5 Å². The van der Waals surface area contributed by atoms with E-state index in [4.69, 9.17) is 4.42 Å². The average molecular weight is 330 g/mol. The van der Waals surface area contributed by atoms with E-state index in [0.717, 1.165) is 16.2 Å². The Morgan fingerprint density at radius 1 is 1.00 bits per heavy atom. The number of phenols is 1. The molecule has 0 aliphatic carbocycles. The average Bonchev–Trinajstić information content (AvgIpc) is 3.08. The van der Waals surface area contributed by atoms with Gasteiger partial charge in [-0.25, -0.2) is 5.43 Å². The second kappa shape index (κ2) is 6.13. The summed E-state index contributed by atoms with van der Waals surface area (Å²) < 4.78 is 5.63. The van der Waals surface area contributed by atoms with Gasteiger partial charge in [0, 0.05) is 10.9 Å². The van der Waals surface area contributed by atoms with E-state index in [0.29, 0.717) is 11.1 Å². The predicted molar refractivity (Wildman–Crippen MR) is 96.9 cm³/mol. The fourth-order valence-corrected chi connectivity index (χ4v) is 2.72. The summed E-state index contributed by atoms with van der Waals surface area (Å²) >= 11 is 0. The van der Waals surface area contributed by atoms with Gasteiger partial charge in [0.25, 0.3) is 0 Å². The number of hydrogen-bond acceptors (Lipinski definition) is 4. The van der Waals surface area contributed by atoms with Gasteiger partial charge in [0.2, 0.25) is 0 Å². The molecule has 0 aliphatic rings. The van der Waals surface area contributed by atoms with E-state index in [1.54, 1.807) is 30.3 Å². The van der Waals surface area contributed by atoms with E-state index >= 15 is 0 Å². The zero-order valence-corrected chi connectivity index (χ0v) is 13.1. The lowest BCUT2D eigenvalue weighted by Gasteiger charge is -1.97. The van der Waals surface area contributed by atoms with Crippen LogP contribution in [0.25, 0.3) is 21.7 Å². The van der Waals surface area contributed by atoms with Crippen molar-refractivity contribution in [2.75, 3.05) is 0 Å². The maximum Gasteiger partial charge on any atom is 0.307 e. The van der Waals surface area contributed by atoms with Gasteiger partial charge >= 0.3 is 5.91 Å². The van der Waals surface area contributed by atoms with Gasteiger partial charge in [-0.1, -0.05) is 42.5 Å². The SMILES string of the molecule is O=C(N/N=C/c1ccccc1O)c1cc2c(ccc3ccccc32)o1. The first-order chi connectivity index (χ1) is 12.2. The number of hydrogen-bond donors (Lipinski definition) is 2. The predicted octanol–water partition coefficient (Wildman–Crippen LogP) is 4.06. The molecule has 4 aromatic rings. The summed E-state index contributed by atoms with van der Waals surface area (Å²) in [5.41, 5.74) is 3.57. The summed E-state index contributed by atoms with van der Waals surface area (Å²) in [4.78, 5) is 12.2. The molecule has 122 valence electrons. The number of hydrazone groups is 1. The van der Waals surface area contributed by atoms with E-state index in [9.17, 15) is 9.90 Å². The van der Waals surface area contributed by atoms with Gasteiger partial charge in [0.05, 0.1) is 6.21 Å². The Balaban J connectivity index is 1.60. The molecule has 1 heterocycles. The fourth-order valence-electron chi connectivity index (χ4n) is 2.72. The lowest BCUT2D eigenvalue weighted by Crippen LogP contribution is -2.16. The van der Waals surface area contributed by atoms with Crippen LogP contribution < -0.4 is 5.43 Å². The quantitative estimate of drug-likeness (QED) is 0.439. The van der Waals surface area contributed by atoms with Crippen molar-refractivity contribution in [3.05, 3.63) is 78.1 Å². The van der Waals surface area contributed by atoms with Crippen molar-refractivity contribution in [3.63, 3.8) is 0 Å². The number of carbonyl (C=O) groups is 1. The number of benzene rings is 3. The third-order valence-corrected chi connectivity index (χ3v) is 3.96. The van der Waals surface area contributed by atoms with Crippen LogP contribution in [0.15, 0.2) is 76.2 Å². The molecular weight excluding hydrogens is 316 g/mol. The lowest BCUT2D eigenvalue weighted by atomic mass is 10.1. The standard InChI is InChI=1S/C20H14N2O3/c23-17-8-4-2-6-14(17)12-21-22-20(24)19-11-16-15-7-3-1-5-13(15)9-10-18(16)25-19/h1-12,23H,(H,22,24)/b21-12+. The Hall–Kier alpha value is -3.60. The summed E-state index contributed by atoms with van der Waals surface area (Å²) in [6.07, 6.45) is 1.38. The Morgan fingerprint density at radius 2 is 1.80 bits per heavy atom. The highest BCUT2D eigenvalue weighted by Gasteiger charge is 2.13. The van der Waals surface area contributed by atoms with Crippen LogP contribution in [0.2, 0.25) is 0 Å². The number of furan rings is 1.